The van der Waals surface area contributed by atoms with Crippen LogP contribution in [0.1, 0.15) is 11.1 Å². The van der Waals surface area contributed by atoms with E-state index in [2.05, 4.69) is 21.0 Å². The molecule has 90 valence electrons. The SMILES string of the molecule is COc1ccc(Cn2ncc(C)c2N)cc1Br. The number of hydrogen-bond donors (Lipinski definition) is 1. The number of nitrogens with zero attached hydrogens (tertiary/aromatic N) is 2. The van der Waals surface area contributed by atoms with Crippen molar-refractivity contribution >= 4 is 21.7 Å². The summed E-state index contributed by atoms with van der Waals surface area (Å²) >= 11 is 3.46. The lowest BCUT2D eigenvalue weighted by molar-refractivity contribution is 0.412. The van der Waals surface area contributed by atoms with Gasteiger partial charge in [0, 0.05) is 5.56 Å². The van der Waals surface area contributed by atoms with Crippen LogP contribution in [0.3, 0.4) is 0 Å². The lowest BCUT2D eigenvalue weighted by Gasteiger charge is -2.08. The van der Waals surface area contributed by atoms with Crippen LogP contribution in [0.2, 0.25) is 0 Å². The van der Waals surface area contributed by atoms with E-state index in [9.17, 15) is 0 Å². The Hall–Kier alpha value is -1.49. The van der Waals surface area contributed by atoms with Gasteiger partial charge in [-0.1, -0.05) is 6.07 Å². The van der Waals surface area contributed by atoms with Gasteiger partial charge in [0.05, 0.1) is 24.3 Å². The lowest BCUT2D eigenvalue weighted by Crippen LogP contribution is -2.06. The number of rotatable bonds is 3. The summed E-state index contributed by atoms with van der Waals surface area (Å²) in [5.41, 5.74) is 8.02. The van der Waals surface area contributed by atoms with Crippen molar-refractivity contribution in [1.29, 1.82) is 0 Å². The average Bonchev–Trinajstić information content (AvgIpc) is 2.61. The Bertz CT molecular complexity index is 537. The van der Waals surface area contributed by atoms with Crippen molar-refractivity contribution in [2.24, 2.45) is 0 Å². The van der Waals surface area contributed by atoms with E-state index in [1.807, 2.05) is 25.1 Å². The zero-order valence-electron chi connectivity index (χ0n) is 9.77. The second-order valence-corrected chi connectivity index (χ2v) is 4.69. The van der Waals surface area contributed by atoms with E-state index in [1.165, 1.54) is 0 Å². The van der Waals surface area contributed by atoms with E-state index in [0.29, 0.717) is 12.4 Å². The van der Waals surface area contributed by atoms with Gasteiger partial charge in [-0.05, 0) is 40.5 Å². The van der Waals surface area contributed by atoms with E-state index in [0.717, 1.165) is 21.3 Å². The highest BCUT2D eigenvalue weighted by Gasteiger charge is 2.06. The van der Waals surface area contributed by atoms with E-state index >= 15 is 0 Å². The molecule has 0 fully saturated rings. The first kappa shape index (κ1) is 12.0. The van der Waals surface area contributed by atoms with Crippen LogP contribution in [0.25, 0.3) is 0 Å². The standard InChI is InChI=1S/C12H14BrN3O/c1-8-6-15-16(12(8)14)7-9-3-4-11(17-2)10(13)5-9/h3-6H,7,14H2,1-2H3. The van der Waals surface area contributed by atoms with Crippen LogP contribution in [0.5, 0.6) is 5.75 Å². The van der Waals surface area contributed by atoms with Gasteiger partial charge in [0.25, 0.3) is 0 Å². The first-order valence-corrected chi connectivity index (χ1v) is 6.01. The Morgan fingerprint density at radius 3 is 2.76 bits per heavy atom. The van der Waals surface area contributed by atoms with Crippen molar-refractivity contribution in [2.45, 2.75) is 13.5 Å². The topological polar surface area (TPSA) is 53.1 Å². The van der Waals surface area contributed by atoms with Crippen LogP contribution < -0.4 is 10.5 Å². The molecule has 2 N–H and O–H groups in total. The number of methoxy groups -OCH3 is 1. The summed E-state index contributed by atoms with van der Waals surface area (Å²) in [7, 11) is 1.65. The second kappa shape index (κ2) is 4.79. The minimum Gasteiger partial charge on any atom is -0.496 e. The summed E-state index contributed by atoms with van der Waals surface area (Å²) in [4.78, 5) is 0. The van der Waals surface area contributed by atoms with Gasteiger partial charge in [-0.3, -0.25) is 0 Å². The summed E-state index contributed by atoms with van der Waals surface area (Å²) in [5, 5.41) is 4.23. The first-order chi connectivity index (χ1) is 8.11. The normalized spacial score (nSPS) is 10.5. The van der Waals surface area contributed by atoms with Crippen LogP contribution in [0.4, 0.5) is 5.82 Å². The molecule has 1 aromatic carbocycles. The van der Waals surface area contributed by atoms with Gasteiger partial charge in [-0.15, -0.1) is 0 Å². The number of nitrogen functional groups attached to an aromatic ring is 1. The van der Waals surface area contributed by atoms with E-state index in [-0.39, 0.29) is 0 Å². The van der Waals surface area contributed by atoms with Gasteiger partial charge in [-0.2, -0.15) is 5.10 Å². The molecule has 0 spiro atoms. The van der Waals surface area contributed by atoms with E-state index in [1.54, 1.807) is 18.0 Å². The van der Waals surface area contributed by atoms with Crippen molar-refractivity contribution in [3.05, 3.63) is 40.0 Å². The minimum absolute atomic E-state index is 0.655. The Kier molecular flexibility index (Phi) is 3.38. The molecule has 1 aromatic heterocycles. The van der Waals surface area contributed by atoms with Crippen LogP contribution in [-0.4, -0.2) is 16.9 Å². The molecule has 0 saturated heterocycles. The maximum atomic E-state index is 5.91. The van der Waals surface area contributed by atoms with Crippen molar-refractivity contribution in [3.8, 4) is 5.75 Å². The van der Waals surface area contributed by atoms with Crippen molar-refractivity contribution in [3.63, 3.8) is 0 Å². The number of nitrogens with two attached hydrogens (primary N) is 1. The molecule has 0 amide bonds. The molecule has 0 aliphatic carbocycles. The summed E-state index contributed by atoms with van der Waals surface area (Å²) in [6.07, 6.45) is 1.77. The summed E-state index contributed by atoms with van der Waals surface area (Å²) < 4.78 is 7.90. The fraction of sp³-hybridized carbons (Fsp3) is 0.250. The number of halogens is 1. The number of benzene rings is 1. The molecule has 0 aliphatic heterocycles. The highest BCUT2D eigenvalue weighted by Crippen LogP contribution is 2.26. The summed E-state index contributed by atoms with van der Waals surface area (Å²) in [6, 6.07) is 5.93. The highest BCUT2D eigenvalue weighted by atomic mass is 79.9. The van der Waals surface area contributed by atoms with Crippen LogP contribution in [-0.2, 0) is 6.54 Å². The third-order valence-corrected chi connectivity index (χ3v) is 3.24. The average molecular weight is 296 g/mol. The molecule has 0 atom stereocenters. The Labute approximate surface area is 109 Å². The largest absolute Gasteiger partial charge is 0.496 e. The molecule has 0 radical (unpaired) electrons. The molecule has 2 rings (SSSR count). The maximum absolute atomic E-state index is 5.91. The Balaban J connectivity index is 2.25. The van der Waals surface area contributed by atoms with Gasteiger partial charge in [-0.25, -0.2) is 4.68 Å². The van der Waals surface area contributed by atoms with Crippen LogP contribution in [0.15, 0.2) is 28.9 Å². The smallest absolute Gasteiger partial charge is 0.133 e. The number of hydrogen-bond acceptors (Lipinski definition) is 3. The number of anilines is 1. The zero-order valence-corrected chi connectivity index (χ0v) is 11.4. The summed E-state index contributed by atoms with van der Waals surface area (Å²) in [6.45, 7) is 2.60. The van der Waals surface area contributed by atoms with Crippen molar-refractivity contribution in [2.75, 3.05) is 12.8 Å². The quantitative estimate of drug-likeness (QED) is 0.947. The number of ether oxygens (including phenoxy) is 1. The molecule has 1 heterocycles. The number of aryl methyl sites for hydroxylation is 1. The molecular formula is C12H14BrN3O. The van der Waals surface area contributed by atoms with E-state index in [4.69, 9.17) is 10.5 Å². The molecule has 17 heavy (non-hydrogen) atoms. The molecule has 2 aromatic rings. The molecule has 4 nitrogen and oxygen atoms in total. The van der Waals surface area contributed by atoms with Gasteiger partial charge >= 0.3 is 0 Å². The summed E-state index contributed by atoms with van der Waals surface area (Å²) in [5.74, 6) is 1.52. The van der Waals surface area contributed by atoms with Crippen LogP contribution >= 0.6 is 15.9 Å². The Morgan fingerprint density at radius 1 is 1.47 bits per heavy atom. The zero-order chi connectivity index (χ0) is 12.4. The van der Waals surface area contributed by atoms with Crippen LogP contribution in [0, 0.1) is 6.92 Å². The molecule has 0 aliphatic rings. The van der Waals surface area contributed by atoms with Gasteiger partial charge in [0.1, 0.15) is 11.6 Å². The van der Waals surface area contributed by atoms with Gasteiger partial charge < -0.3 is 10.5 Å². The molecule has 0 bridgehead atoms. The fourth-order valence-corrected chi connectivity index (χ4v) is 2.18. The predicted octanol–water partition coefficient (Wildman–Crippen LogP) is 2.59. The second-order valence-electron chi connectivity index (χ2n) is 3.84. The highest BCUT2D eigenvalue weighted by molar-refractivity contribution is 9.10. The molecular weight excluding hydrogens is 282 g/mol. The third-order valence-electron chi connectivity index (χ3n) is 2.62. The molecule has 5 heteroatoms. The molecule has 0 saturated carbocycles. The van der Waals surface area contributed by atoms with E-state index < -0.39 is 0 Å². The minimum atomic E-state index is 0.655. The van der Waals surface area contributed by atoms with Gasteiger partial charge in [0.15, 0.2) is 0 Å². The van der Waals surface area contributed by atoms with Crippen molar-refractivity contribution < 1.29 is 4.74 Å². The monoisotopic (exact) mass is 295 g/mol. The van der Waals surface area contributed by atoms with Crippen molar-refractivity contribution in [1.82, 2.24) is 9.78 Å². The fourth-order valence-electron chi connectivity index (χ4n) is 1.60. The maximum Gasteiger partial charge on any atom is 0.133 e. The predicted molar refractivity (Wildman–Crippen MR) is 71.2 cm³/mol. The number of aromatic nitrogens is 2. The Morgan fingerprint density at radius 2 is 2.24 bits per heavy atom. The molecule has 0 unspecified atom stereocenters. The van der Waals surface area contributed by atoms with Gasteiger partial charge in [0.2, 0.25) is 0 Å². The first-order valence-electron chi connectivity index (χ1n) is 5.22. The third kappa shape index (κ3) is 2.44. The lowest BCUT2D eigenvalue weighted by atomic mass is 10.2.